The number of benzene rings is 3. The summed E-state index contributed by atoms with van der Waals surface area (Å²) in [5.74, 6) is 0.279. The summed E-state index contributed by atoms with van der Waals surface area (Å²) in [5.41, 5.74) is 2.33. The van der Waals surface area contributed by atoms with E-state index in [0.717, 1.165) is 16.6 Å². The van der Waals surface area contributed by atoms with E-state index in [1.54, 1.807) is 54.4 Å². The molecule has 0 unspecified atom stereocenters. The van der Waals surface area contributed by atoms with Gasteiger partial charge in [-0.1, -0.05) is 31.2 Å². The lowest BCUT2D eigenvalue weighted by atomic mass is 10.1. The maximum absolute atomic E-state index is 12.8. The van der Waals surface area contributed by atoms with Crippen molar-refractivity contribution in [2.45, 2.75) is 13.3 Å². The van der Waals surface area contributed by atoms with E-state index in [9.17, 15) is 9.59 Å². The van der Waals surface area contributed by atoms with Crippen molar-refractivity contribution in [3.8, 4) is 5.75 Å². The smallest absolute Gasteiger partial charge is 0.258 e. The fourth-order valence-electron chi connectivity index (χ4n) is 2.87. The number of hydrogen-bond donors (Lipinski definition) is 1. The molecular formula is C24H23BrN2O3. The summed E-state index contributed by atoms with van der Waals surface area (Å²) < 4.78 is 6.34. The number of carbonyl (C=O) groups is 2. The summed E-state index contributed by atoms with van der Waals surface area (Å²) >= 11 is 3.44. The molecule has 0 heterocycles. The maximum Gasteiger partial charge on any atom is 0.258 e. The van der Waals surface area contributed by atoms with Crippen LogP contribution in [-0.4, -0.2) is 25.5 Å². The zero-order valence-corrected chi connectivity index (χ0v) is 18.5. The zero-order chi connectivity index (χ0) is 21.5. The molecule has 0 aliphatic heterocycles. The molecular weight excluding hydrogens is 444 g/mol. The van der Waals surface area contributed by atoms with Gasteiger partial charge in [0.25, 0.3) is 11.8 Å². The first-order chi connectivity index (χ1) is 14.5. The molecule has 2 amide bonds. The molecule has 6 heteroatoms. The van der Waals surface area contributed by atoms with Gasteiger partial charge in [-0.15, -0.1) is 0 Å². The van der Waals surface area contributed by atoms with Crippen LogP contribution in [-0.2, 0) is 0 Å². The Hall–Kier alpha value is -3.12. The topological polar surface area (TPSA) is 58.6 Å². The van der Waals surface area contributed by atoms with E-state index in [0.29, 0.717) is 29.2 Å². The minimum atomic E-state index is -0.265. The van der Waals surface area contributed by atoms with E-state index in [2.05, 4.69) is 21.2 Å². The third kappa shape index (κ3) is 5.27. The largest absolute Gasteiger partial charge is 0.492 e. The van der Waals surface area contributed by atoms with Crippen LogP contribution in [0, 0.1) is 0 Å². The summed E-state index contributed by atoms with van der Waals surface area (Å²) in [4.78, 5) is 27.1. The monoisotopic (exact) mass is 466 g/mol. The molecule has 3 aromatic carbocycles. The molecule has 0 bridgehead atoms. The standard InChI is InChI=1S/C24H23BrN2O3/c1-3-14-30-22-13-12-17(16-21(22)25)23(28)26-19-9-7-8-18(15-19)24(29)27(2)20-10-5-4-6-11-20/h4-13,15-16H,3,14H2,1-2H3,(H,26,28). The van der Waals surface area contributed by atoms with E-state index >= 15 is 0 Å². The number of amides is 2. The molecule has 30 heavy (non-hydrogen) atoms. The second-order valence-corrected chi connectivity index (χ2v) is 7.58. The fourth-order valence-corrected chi connectivity index (χ4v) is 3.36. The van der Waals surface area contributed by atoms with Gasteiger partial charge in [0.1, 0.15) is 5.75 Å². The molecule has 154 valence electrons. The predicted octanol–water partition coefficient (Wildman–Crippen LogP) is 5.77. The van der Waals surface area contributed by atoms with Crippen molar-refractivity contribution >= 4 is 39.1 Å². The first-order valence-corrected chi connectivity index (χ1v) is 10.5. The SMILES string of the molecule is CCCOc1ccc(C(=O)Nc2cccc(C(=O)N(C)c3ccccc3)c2)cc1Br. The Morgan fingerprint density at radius 2 is 1.73 bits per heavy atom. The van der Waals surface area contributed by atoms with E-state index in [4.69, 9.17) is 4.74 Å². The Bertz CT molecular complexity index is 1040. The molecule has 0 radical (unpaired) electrons. The minimum absolute atomic E-state index is 0.155. The van der Waals surface area contributed by atoms with Crippen LogP contribution in [0.25, 0.3) is 0 Å². The molecule has 0 spiro atoms. The highest BCUT2D eigenvalue weighted by Gasteiger charge is 2.15. The van der Waals surface area contributed by atoms with Crippen LogP contribution in [0.1, 0.15) is 34.1 Å². The highest BCUT2D eigenvalue weighted by atomic mass is 79.9. The highest BCUT2D eigenvalue weighted by molar-refractivity contribution is 9.10. The molecule has 1 N–H and O–H groups in total. The van der Waals surface area contributed by atoms with Crippen LogP contribution in [0.3, 0.4) is 0 Å². The van der Waals surface area contributed by atoms with Crippen molar-refractivity contribution in [2.75, 3.05) is 23.9 Å². The van der Waals surface area contributed by atoms with Crippen LogP contribution >= 0.6 is 15.9 Å². The number of halogens is 1. The summed E-state index contributed by atoms with van der Waals surface area (Å²) in [5, 5.41) is 2.85. The van der Waals surface area contributed by atoms with E-state index in [-0.39, 0.29) is 11.8 Å². The lowest BCUT2D eigenvalue weighted by Gasteiger charge is -2.17. The van der Waals surface area contributed by atoms with Gasteiger partial charge in [0.15, 0.2) is 0 Å². The quantitative estimate of drug-likeness (QED) is 0.480. The van der Waals surface area contributed by atoms with Gasteiger partial charge in [0.05, 0.1) is 11.1 Å². The lowest BCUT2D eigenvalue weighted by molar-refractivity contribution is 0.0990. The van der Waals surface area contributed by atoms with Gasteiger partial charge >= 0.3 is 0 Å². The number of ether oxygens (including phenoxy) is 1. The van der Waals surface area contributed by atoms with Crippen molar-refractivity contribution in [1.82, 2.24) is 0 Å². The molecule has 0 aliphatic rings. The molecule has 3 aromatic rings. The van der Waals surface area contributed by atoms with Gasteiger partial charge in [0.2, 0.25) is 0 Å². The fraction of sp³-hybridized carbons (Fsp3) is 0.167. The third-order valence-electron chi connectivity index (χ3n) is 4.47. The Morgan fingerprint density at radius 3 is 2.43 bits per heavy atom. The summed E-state index contributed by atoms with van der Waals surface area (Å²) in [7, 11) is 1.72. The van der Waals surface area contributed by atoms with Crippen molar-refractivity contribution in [2.24, 2.45) is 0 Å². The number of para-hydroxylation sites is 1. The average Bonchev–Trinajstić information content (AvgIpc) is 2.78. The molecule has 0 saturated heterocycles. The van der Waals surface area contributed by atoms with Crippen LogP contribution < -0.4 is 15.0 Å². The first-order valence-electron chi connectivity index (χ1n) is 9.66. The molecule has 0 aliphatic carbocycles. The highest BCUT2D eigenvalue weighted by Crippen LogP contribution is 2.27. The third-order valence-corrected chi connectivity index (χ3v) is 5.09. The second kappa shape index (κ2) is 10.1. The van der Waals surface area contributed by atoms with Crippen molar-refractivity contribution in [1.29, 1.82) is 0 Å². The average molecular weight is 467 g/mol. The Labute approximate surface area is 184 Å². The summed E-state index contributed by atoms with van der Waals surface area (Å²) in [6.07, 6.45) is 0.906. The van der Waals surface area contributed by atoms with Crippen molar-refractivity contribution in [3.63, 3.8) is 0 Å². The molecule has 0 fully saturated rings. The number of rotatable bonds is 7. The Kier molecular flexibility index (Phi) is 7.25. The van der Waals surface area contributed by atoms with E-state index < -0.39 is 0 Å². The van der Waals surface area contributed by atoms with Crippen molar-refractivity contribution < 1.29 is 14.3 Å². The number of nitrogens with zero attached hydrogens (tertiary/aromatic N) is 1. The molecule has 0 atom stereocenters. The summed E-state index contributed by atoms with van der Waals surface area (Å²) in [6.45, 7) is 2.65. The van der Waals surface area contributed by atoms with Gasteiger partial charge in [0, 0.05) is 29.5 Å². The first kappa shape index (κ1) is 21.6. The molecule has 5 nitrogen and oxygen atoms in total. The van der Waals surface area contributed by atoms with Crippen LogP contribution in [0.5, 0.6) is 5.75 Å². The minimum Gasteiger partial charge on any atom is -0.492 e. The van der Waals surface area contributed by atoms with Crippen LogP contribution in [0.2, 0.25) is 0 Å². The maximum atomic E-state index is 12.8. The summed E-state index contributed by atoms with van der Waals surface area (Å²) in [6, 6.07) is 21.5. The molecule has 3 rings (SSSR count). The second-order valence-electron chi connectivity index (χ2n) is 6.73. The van der Waals surface area contributed by atoms with Gasteiger partial charge < -0.3 is 15.0 Å². The predicted molar refractivity (Wildman–Crippen MR) is 123 cm³/mol. The number of hydrogen-bond acceptors (Lipinski definition) is 3. The van der Waals surface area contributed by atoms with Crippen LogP contribution in [0.4, 0.5) is 11.4 Å². The van der Waals surface area contributed by atoms with Gasteiger partial charge in [-0.2, -0.15) is 0 Å². The van der Waals surface area contributed by atoms with Gasteiger partial charge in [-0.25, -0.2) is 0 Å². The number of carbonyl (C=O) groups excluding carboxylic acids is 2. The zero-order valence-electron chi connectivity index (χ0n) is 16.9. The normalized spacial score (nSPS) is 10.4. The van der Waals surface area contributed by atoms with Gasteiger partial charge in [-0.3, -0.25) is 9.59 Å². The number of anilines is 2. The van der Waals surface area contributed by atoms with Crippen molar-refractivity contribution in [3.05, 3.63) is 88.4 Å². The van der Waals surface area contributed by atoms with E-state index in [1.807, 2.05) is 37.3 Å². The number of nitrogens with one attached hydrogen (secondary N) is 1. The molecule has 0 aromatic heterocycles. The Balaban J connectivity index is 1.72. The molecule has 0 saturated carbocycles. The van der Waals surface area contributed by atoms with Gasteiger partial charge in [-0.05, 0) is 70.9 Å². The Morgan fingerprint density at radius 1 is 0.967 bits per heavy atom. The lowest BCUT2D eigenvalue weighted by Crippen LogP contribution is -2.26. The van der Waals surface area contributed by atoms with Crippen LogP contribution in [0.15, 0.2) is 77.3 Å². The van der Waals surface area contributed by atoms with E-state index in [1.165, 1.54) is 0 Å².